The van der Waals surface area contributed by atoms with E-state index < -0.39 is 0 Å². The second-order valence-corrected chi connectivity index (χ2v) is 6.70. The maximum Gasteiger partial charge on any atom is 0.124 e. The second-order valence-electron chi connectivity index (χ2n) is 4.50. The largest absolute Gasteiger partial charge is 0.496 e. The lowest BCUT2D eigenvalue weighted by Crippen LogP contribution is -2.17. The van der Waals surface area contributed by atoms with Gasteiger partial charge >= 0.3 is 0 Å². The van der Waals surface area contributed by atoms with Gasteiger partial charge in [-0.15, -0.1) is 11.3 Å². The highest BCUT2D eigenvalue weighted by atomic mass is 79.9. The van der Waals surface area contributed by atoms with Crippen LogP contribution in [0.5, 0.6) is 5.75 Å². The van der Waals surface area contributed by atoms with E-state index >= 15 is 0 Å². The first-order chi connectivity index (χ1) is 9.06. The third-order valence-corrected chi connectivity index (χ3v) is 4.97. The van der Waals surface area contributed by atoms with Crippen molar-refractivity contribution >= 4 is 27.3 Å². The van der Waals surface area contributed by atoms with E-state index in [0.717, 1.165) is 15.8 Å². The van der Waals surface area contributed by atoms with Gasteiger partial charge in [-0.3, -0.25) is 0 Å². The molecular weight excluding hydrogens is 322 g/mol. The average molecular weight is 340 g/mol. The van der Waals surface area contributed by atoms with Crippen molar-refractivity contribution < 1.29 is 4.74 Å². The summed E-state index contributed by atoms with van der Waals surface area (Å²) in [5, 5.41) is 3.39. The molecule has 2 aromatic rings. The zero-order chi connectivity index (χ0) is 14.0. The van der Waals surface area contributed by atoms with Gasteiger partial charge in [0.15, 0.2) is 0 Å². The Morgan fingerprint density at radius 1 is 1.26 bits per heavy atom. The molecule has 19 heavy (non-hydrogen) atoms. The van der Waals surface area contributed by atoms with E-state index in [2.05, 4.69) is 47.2 Å². The zero-order valence-electron chi connectivity index (χ0n) is 11.6. The van der Waals surface area contributed by atoms with E-state index in [1.165, 1.54) is 15.3 Å². The maximum absolute atomic E-state index is 5.49. The summed E-state index contributed by atoms with van der Waals surface area (Å²) in [6.45, 7) is 4.31. The van der Waals surface area contributed by atoms with E-state index in [9.17, 15) is 0 Å². The normalized spacial score (nSPS) is 12.5. The van der Waals surface area contributed by atoms with Gasteiger partial charge in [-0.1, -0.05) is 15.9 Å². The summed E-state index contributed by atoms with van der Waals surface area (Å²) in [6.07, 6.45) is 0. The third-order valence-electron chi connectivity index (χ3n) is 3.26. The van der Waals surface area contributed by atoms with Crippen LogP contribution in [-0.4, -0.2) is 14.2 Å². The fourth-order valence-electron chi connectivity index (χ4n) is 2.13. The highest BCUT2D eigenvalue weighted by Crippen LogP contribution is 2.36. The molecule has 0 aliphatic carbocycles. The van der Waals surface area contributed by atoms with Crippen LogP contribution in [0.1, 0.15) is 26.9 Å². The molecule has 0 bridgehead atoms. The molecule has 0 amide bonds. The molecule has 1 aromatic carbocycles. The zero-order valence-corrected chi connectivity index (χ0v) is 14.0. The van der Waals surface area contributed by atoms with Gasteiger partial charge in [0.1, 0.15) is 5.75 Å². The molecule has 1 heterocycles. The van der Waals surface area contributed by atoms with Gasteiger partial charge in [0.25, 0.3) is 0 Å². The summed E-state index contributed by atoms with van der Waals surface area (Å²) < 4.78 is 6.55. The smallest absolute Gasteiger partial charge is 0.124 e. The van der Waals surface area contributed by atoms with Crippen LogP contribution in [0.3, 0.4) is 0 Å². The minimum Gasteiger partial charge on any atom is -0.496 e. The lowest BCUT2D eigenvalue weighted by Gasteiger charge is -2.18. The Kier molecular flexibility index (Phi) is 4.66. The van der Waals surface area contributed by atoms with Crippen LogP contribution < -0.4 is 10.1 Å². The summed E-state index contributed by atoms with van der Waals surface area (Å²) in [5.74, 6) is 0.909. The number of hydrogen-bond acceptors (Lipinski definition) is 3. The monoisotopic (exact) mass is 339 g/mol. The van der Waals surface area contributed by atoms with Gasteiger partial charge in [0.05, 0.1) is 13.2 Å². The number of aryl methyl sites for hydroxylation is 2. The summed E-state index contributed by atoms with van der Waals surface area (Å²) in [5.41, 5.74) is 2.50. The molecule has 0 aliphatic heterocycles. The molecule has 1 unspecified atom stereocenters. The molecular formula is C15H18BrNOS. The average Bonchev–Trinajstić information content (AvgIpc) is 2.70. The number of rotatable bonds is 4. The highest BCUT2D eigenvalue weighted by molar-refractivity contribution is 9.10. The van der Waals surface area contributed by atoms with Crippen molar-refractivity contribution in [3.63, 3.8) is 0 Å². The van der Waals surface area contributed by atoms with Crippen LogP contribution in [0.4, 0.5) is 0 Å². The van der Waals surface area contributed by atoms with Crippen LogP contribution >= 0.6 is 27.3 Å². The molecule has 2 rings (SSSR count). The van der Waals surface area contributed by atoms with Gasteiger partial charge in [0.2, 0.25) is 0 Å². The predicted molar refractivity (Wildman–Crippen MR) is 85.4 cm³/mol. The Hall–Kier alpha value is -0.840. The van der Waals surface area contributed by atoms with E-state index in [4.69, 9.17) is 4.74 Å². The molecule has 0 fully saturated rings. The Morgan fingerprint density at radius 2 is 2.00 bits per heavy atom. The summed E-state index contributed by atoms with van der Waals surface area (Å²) in [4.78, 5) is 2.68. The molecule has 1 atom stereocenters. The van der Waals surface area contributed by atoms with E-state index in [0.29, 0.717) is 0 Å². The van der Waals surface area contributed by atoms with Crippen LogP contribution in [0, 0.1) is 13.8 Å². The van der Waals surface area contributed by atoms with Crippen molar-refractivity contribution in [2.75, 3.05) is 14.2 Å². The molecule has 0 spiro atoms. The fraction of sp³-hybridized carbons (Fsp3) is 0.333. The first-order valence-electron chi connectivity index (χ1n) is 6.14. The molecule has 2 nitrogen and oxygen atoms in total. The minimum absolute atomic E-state index is 0.157. The molecule has 1 N–H and O–H groups in total. The standard InChI is InChI=1S/C15H18BrNOS/c1-9-7-14(19-10(9)2)15(17-3)12-8-11(16)5-6-13(12)18-4/h5-8,15,17H,1-4H3. The van der Waals surface area contributed by atoms with Crippen LogP contribution in [0.25, 0.3) is 0 Å². The molecule has 102 valence electrons. The van der Waals surface area contributed by atoms with Crippen molar-refractivity contribution in [3.8, 4) is 5.75 Å². The number of halogens is 1. The van der Waals surface area contributed by atoms with Crippen molar-refractivity contribution in [1.82, 2.24) is 5.32 Å². The molecule has 0 saturated heterocycles. The molecule has 4 heteroatoms. The lowest BCUT2D eigenvalue weighted by atomic mass is 10.0. The van der Waals surface area contributed by atoms with Gasteiger partial charge in [0, 0.05) is 19.8 Å². The quantitative estimate of drug-likeness (QED) is 0.888. The van der Waals surface area contributed by atoms with Crippen LogP contribution in [0.15, 0.2) is 28.7 Å². The van der Waals surface area contributed by atoms with E-state index in [1.54, 1.807) is 7.11 Å². The van der Waals surface area contributed by atoms with Crippen molar-refractivity contribution in [2.24, 2.45) is 0 Å². The Labute approximate surface area is 126 Å². The number of ether oxygens (including phenoxy) is 1. The maximum atomic E-state index is 5.49. The molecule has 1 aromatic heterocycles. The Bertz CT molecular complexity index is 560. The Morgan fingerprint density at radius 3 is 2.53 bits per heavy atom. The van der Waals surface area contributed by atoms with E-state index in [-0.39, 0.29) is 6.04 Å². The molecule has 0 aliphatic rings. The van der Waals surface area contributed by atoms with Crippen molar-refractivity contribution in [2.45, 2.75) is 19.9 Å². The Balaban J connectivity index is 2.50. The van der Waals surface area contributed by atoms with Crippen LogP contribution in [0.2, 0.25) is 0 Å². The van der Waals surface area contributed by atoms with Gasteiger partial charge in [-0.2, -0.15) is 0 Å². The lowest BCUT2D eigenvalue weighted by molar-refractivity contribution is 0.405. The number of methoxy groups -OCH3 is 1. The molecule has 0 saturated carbocycles. The van der Waals surface area contributed by atoms with E-state index in [1.807, 2.05) is 30.5 Å². The van der Waals surface area contributed by atoms with Gasteiger partial charge in [-0.25, -0.2) is 0 Å². The van der Waals surface area contributed by atoms with Crippen LogP contribution in [-0.2, 0) is 0 Å². The topological polar surface area (TPSA) is 21.3 Å². The number of hydrogen-bond donors (Lipinski definition) is 1. The third kappa shape index (κ3) is 3.02. The van der Waals surface area contributed by atoms with Gasteiger partial charge in [-0.05, 0) is 50.7 Å². The SMILES string of the molecule is CNC(c1cc(C)c(C)s1)c1cc(Br)ccc1OC. The second kappa shape index (κ2) is 6.07. The molecule has 0 radical (unpaired) electrons. The predicted octanol–water partition coefficient (Wildman–Crippen LogP) is 4.44. The fourth-order valence-corrected chi connectivity index (χ4v) is 3.68. The number of benzene rings is 1. The number of nitrogens with one attached hydrogen (secondary N) is 1. The first kappa shape index (κ1) is 14.6. The summed E-state index contributed by atoms with van der Waals surface area (Å²) >= 11 is 5.37. The first-order valence-corrected chi connectivity index (χ1v) is 7.75. The minimum atomic E-state index is 0.157. The highest BCUT2D eigenvalue weighted by Gasteiger charge is 2.19. The summed E-state index contributed by atoms with van der Waals surface area (Å²) in [7, 11) is 3.69. The number of thiophene rings is 1. The van der Waals surface area contributed by atoms with Crippen molar-refractivity contribution in [3.05, 3.63) is 49.6 Å². The summed E-state index contributed by atoms with van der Waals surface area (Å²) in [6, 6.07) is 8.52. The van der Waals surface area contributed by atoms with Crippen molar-refractivity contribution in [1.29, 1.82) is 0 Å². The van der Waals surface area contributed by atoms with Gasteiger partial charge < -0.3 is 10.1 Å².